The molecule has 0 spiro atoms. The zero-order valence-electron chi connectivity index (χ0n) is 18.6. The van der Waals surface area contributed by atoms with E-state index in [0.717, 1.165) is 32.8 Å². The van der Waals surface area contributed by atoms with Crippen LogP contribution in [0.15, 0.2) is 78.9 Å². The third-order valence-electron chi connectivity index (χ3n) is 5.97. The van der Waals surface area contributed by atoms with E-state index in [1.807, 2.05) is 60.7 Å². The first kappa shape index (κ1) is 21.5. The monoisotopic (exact) mass is 453 g/mol. The van der Waals surface area contributed by atoms with Gasteiger partial charge in [-0.05, 0) is 29.1 Å². The maximum atomic E-state index is 12.8. The number of rotatable bonds is 6. The SMILES string of the molecule is COC(=O)COc1cc2ccccc2c2c1c1c(C(=O)NN)cccc1n2Cc1ccccc1. The van der Waals surface area contributed by atoms with Crippen LogP contribution in [0.4, 0.5) is 0 Å². The molecule has 1 heterocycles. The summed E-state index contributed by atoms with van der Waals surface area (Å²) in [6, 6.07) is 25.5. The van der Waals surface area contributed by atoms with E-state index in [1.165, 1.54) is 7.11 Å². The van der Waals surface area contributed by atoms with Gasteiger partial charge < -0.3 is 14.0 Å². The maximum absolute atomic E-state index is 12.8. The van der Waals surface area contributed by atoms with Gasteiger partial charge in [-0.3, -0.25) is 10.2 Å². The average molecular weight is 453 g/mol. The van der Waals surface area contributed by atoms with E-state index in [9.17, 15) is 9.59 Å². The minimum absolute atomic E-state index is 0.249. The van der Waals surface area contributed by atoms with Crippen LogP contribution in [0.25, 0.3) is 32.6 Å². The molecule has 0 unspecified atom stereocenters. The summed E-state index contributed by atoms with van der Waals surface area (Å²) in [6.07, 6.45) is 0. The minimum Gasteiger partial charge on any atom is -0.481 e. The predicted octanol–water partition coefficient (Wildman–Crippen LogP) is 4.15. The molecule has 0 aliphatic rings. The van der Waals surface area contributed by atoms with Crippen LogP contribution in [0.2, 0.25) is 0 Å². The Balaban J connectivity index is 1.91. The van der Waals surface area contributed by atoms with E-state index >= 15 is 0 Å². The van der Waals surface area contributed by atoms with E-state index in [2.05, 4.69) is 22.1 Å². The Hall–Kier alpha value is -4.36. The second-order valence-electron chi connectivity index (χ2n) is 7.93. The first-order chi connectivity index (χ1) is 16.6. The second-order valence-corrected chi connectivity index (χ2v) is 7.93. The summed E-state index contributed by atoms with van der Waals surface area (Å²) in [5, 5.41) is 3.42. The summed E-state index contributed by atoms with van der Waals surface area (Å²) in [6.45, 7) is 0.333. The maximum Gasteiger partial charge on any atom is 0.343 e. The molecule has 4 aromatic carbocycles. The highest BCUT2D eigenvalue weighted by atomic mass is 16.6. The first-order valence-corrected chi connectivity index (χ1v) is 10.8. The van der Waals surface area contributed by atoms with Crippen LogP contribution in [0, 0.1) is 0 Å². The summed E-state index contributed by atoms with van der Waals surface area (Å²) in [5.41, 5.74) is 5.56. The second kappa shape index (κ2) is 8.88. The number of benzene rings is 4. The smallest absolute Gasteiger partial charge is 0.343 e. The Morgan fingerprint density at radius 3 is 2.47 bits per heavy atom. The van der Waals surface area contributed by atoms with Crippen molar-refractivity contribution in [3.05, 3.63) is 90.0 Å². The average Bonchev–Trinajstić information content (AvgIpc) is 3.22. The topological polar surface area (TPSA) is 95.6 Å². The summed E-state index contributed by atoms with van der Waals surface area (Å²) >= 11 is 0. The number of nitrogens with one attached hydrogen (secondary N) is 1. The fourth-order valence-corrected chi connectivity index (χ4v) is 4.48. The van der Waals surface area contributed by atoms with Crippen molar-refractivity contribution in [1.82, 2.24) is 9.99 Å². The Labute approximate surface area is 195 Å². The van der Waals surface area contributed by atoms with Crippen LogP contribution in [0.1, 0.15) is 15.9 Å². The lowest BCUT2D eigenvalue weighted by atomic mass is 10.0. The molecule has 0 radical (unpaired) electrons. The van der Waals surface area contributed by atoms with Crippen molar-refractivity contribution in [2.75, 3.05) is 13.7 Å². The number of carbonyl (C=O) groups is 2. The molecule has 0 fully saturated rings. The van der Waals surface area contributed by atoms with Gasteiger partial charge in [0.05, 0.1) is 29.1 Å². The molecule has 0 aliphatic carbocycles. The number of nitrogen functional groups attached to an aromatic ring is 1. The molecule has 1 amide bonds. The molecule has 0 aliphatic heterocycles. The van der Waals surface area contributed by atoms with Crippen LogP contribution in [-0.4, -0.2) is 30.2 Å². The third kappa shape index (κ3) is 3.62. The van der Waals surface area contributed by atoms with Crippen molar-refractivity contribution in [3.8, 4) is 5.75 Å². The van der Waals surface area contributed by atoms with Gasteiger partial charge in [-0.25, -0.2) is 10.6 Å². The lowest BCUT2D eigenvalue weighted by Crippen LogP contribution is -2.30. The number of nitrogens with two attached hydrogens (primary N) is 1. The first-order valence-electron chi connectivity index (χ1n) is 10.8. The predicted molar refractivity (Wildman–Crippen MR) is 132 cm³/mol. The van der Waals surface area contributed by atoms with Gasteiger partial charge >= 0.3 is 5.97 Å². The lowest BCUT2D eigenvalue weighted by molar-refractivity contribution is -0.142. The van der Waals surface area contributed by atoms with Gasteiger partial charge in [0.25, 0.3) is 5.91 Å². The molecule has 7 nitrogen and oxygen atoms in total. The highest BCUT2D eigenvalue weighted by Crippen LogP contribution is 2.42. The van der Waals surface area contributed by atoms with Crippen LogP contribution < -0.4 is 16.0 Å². The van der Waals surface area contributed by atoms with Crippen molar-refractivity contribution >= 4 is 44.5 Å². The molecule has 170 valence electrons. The van der Waals surface area contributed by atoms with Crippen LogP contribution in [0.5, 0.6) is 5.75 Å². The number of nitrogens with zero attached hydrogens (tertiary/aromatic N) is 1. The summed E-state index contributed by atoms with van der Waals surface area (Å²) in [5.74, 6) is 5.11. The Morgan fingerprint density at radius 1 is 0.941 bits per heavy atom. The van der Waals surface area contributed by atoms with Crippen molar-refractivity contribution in [3.63, 3.8) is 0 Å². The normalized spacial score (nSPS) is 11.1. The van der Waals surface area contributed by atoms with Crippen molar-refractivity contribution in [2.45, 2.75) is 6.54 Å². The number of esters is 1. The van der Waals surface area contributed by atoms with E-state index in [1.54, 1.807) is 6.07 Å². The number of aromatic nitrogens is 1. The minimum atomic E-state index is -0.491. The molecule has 1 aromatic heterocycles. The van der Waals surface area contributed by atoms with Gasteiger partial charge in [-0.1, -0.05) is 60.7 Å². The zero-order valence-corrected chi connectivity index (χ0v) is 18.6. The molecule has 3 N–H and O–H groups in total. The molecular formula is C27H23N3O4. The molecule has 0 saturated heterocycles. The van der Waals surface area contributed by atoms with Gasteiger partial charge in [0.1, 0.15) is 5.75 Å². The molecule has 0 atom stereocenters. The fourth-order valence-electron chi connectivity index (χ4n) is 4.48. The van der Waals surface area contributed by atoms with Gasteiger partial charge in [0.15, 0.2) is 6.61 Å². The van der Waals surface area contributed by atoms with Gasteiger partial charge in [-0.15, -0.1) is 0 Å². The summed E-state index contributed by atoms with van der Waals surface area (Å²) in [4.78, 5) is 24.6. The number of methoxy groups -OCH3 is 1. The van der Waals surface area contributed by atoms with E-state index in [-0.39, 0.29) is 6.61 Å². The van der Waals surface area contributed by atoms with Crippen LogP contribution in [-0.2, 0) is 16.1 Å². The van der Waals surface area contributed by atoms with Gasteiger partial charge in [-0.2, -0.15) is 0 Å². The largest absolute Gasteiger partial charge is 0.481 e. The number of hydrogen-bond acceptors (Lipinski definition) is 5. The van der Waals surface area contributed by atoms with E-state index < -0.39 is 11.9 Å². The van der Waals surface area contributed by atoms with E-state index in [4.69, 9.17) is 15.3 Å². The molecule has 34 heavy (non-hydrogen) atoms. The molecule has 5 rings (SSSR count). The standard InChI is InChI=1S/C27H23N3O4/c1-33-23(31)16-34-22-14-18-10-5-6-11-19(18)26-25(22)24-20(27(32)29-28)12-7-13-21(24)30(26)15-17-8-3-2-4-9-17/h2-14H,15-16,28H2,1H3,(H,29,32). The highest BCUT2D eigenvalue weighted by Gasteiger charge is 2.23. The molecular weight excluding hydrogens is 430 g/mol. The molecule has 0 saturated carbocycles. The van der Waals surface area contributed by atoms with Crippen LogP contribution in [0.3, 0.4) is 0 Å². The van der Waals surface area contributed by atoms with Gasteiger partial charge in [0, 0.05) is 17.3 Å². The molecule has 5 aromatic rings. The Bertz CT molecular complexity index is 1540. The number of amides is 1. The number of hydrazine groups is 1. The molecule has 0 bridgehead atoms. The Kier molecular flexibility index (Phi) is 5.61. The van der Waals surface area contributed by atoms with Crippen molar-refractivity contribution in [2.24, 2.45) is 5.84 Å². The zero-order chi connectivity index (χ0) is 23.7. The molecule has 7 heteroatoms. The summed E-state index contributed by atoms with van der Waals surface area (Å²) in [7, 11) is 1.32. The third-order valence-corrected chi connectivity index (χ3v) is 5.97. The Morgan fingerprint density at radius 2 is 1.71 bits per heavy atom. The number of fused-ring (bicyclic) bond motifs is 5. The quantitative estimate of drug-likeness (QED) is 0.174. The fraction of sp³-hybridized carbons (Fsp3) is 0.111. The van der Waals surface area contributed by atoms with Gasteiger partial charge in [0.2, 0.25) is 0 Å². The summed E-state index contributed by atoms with van der Waals surface area (Å²) < 4.78 is 12.9. The number of carbonyl (C=O) groups excluding carboxylic acids is 2. The number of hydrogen-bond donors (Lipinski definition) is 2. The van der Waals surface area contributed by atoms with Crippen molar-refractivity contribution in [1.29, 1.82) is 0 Å². The van der Waals surface area contributed by atoms with Crippen LogP contribution >= 0.6 is 0 Å². The highest BCUT2D eigenvalue weighted by molar-refractivity contribution is 6.25. The lowest BCUT2D eigenvalue weighted by Gasteiger charge is -2.12. The number of ether oxygens (including phenoxy) is 2. The van der Waals surface area contributed by atoms with Crippen molar-refractivity contribution < 1.29 is 19.1 Å². The van der Waals surface area contributed by atoms with E-state index in [0.29, 0.717) is 23.2 Å².